The summed E-state index contributed by atoms with van der Waals surface area (Å²) in [6, 6.07) is 14.5. The van der Waals surface area contributed by atoms with Crippen molar-refractivity contribution in [1.82, 2.24) is 10.3 Å². The van der Waals surface area contributed by atoms with Gasteiger partial charge in [-0.3, -0.25) is 4.98 Å². The number of pyridine rings is 1. The standard InChI is InChI=1S/C18H17ClN2/c1-12-6-7-14(19)10-17(12)18(20-2)16-5-3-4-13-11-21-9-8-15(13)16/h3-11,18,20H,1-2H3. The number of nitrogens with one attached hydrogen (secondary N) is 1. The lowest BCUT2D eigenvalue weighted by molar-refractivity contribution is 0.692. The smallest absolute Gasteiger partial charge is 0.0583 e. The highest BCUT2D eigenvalue weighted by Gasteiger charge is 2.17. The van der Waals surface area contributed by atoms with E-state index >= 15 is 0 Å². The molecule has 1 unspecified atom stereocenters. The van der Waals surface area contributed by atoms with Gasteiger partial charge >= 0.3 is 0 Å². The molecule has 0 amide bonds. The second-order valence-electron chi connectivity index (χ2n) is 5.17. The molecule has 2 aromatic carbocycles. The van der Waals surface area contributed by atoms with E-state index in [4.69, 9.17) is 11.6 Å². The number of aryl methyl sites for hydroxylation is 1. The van der Waals surface area contributed by atoms with E-state index in [-0.39, 0.29) is 6.04 Å². The van der Waals surface area contributed by atoms with Crippen molar-refractivity contribution in [2.24, 2.45) is 0 Å². The highest BCUT2D eigenvalue weighted by Crippen LogP contribution is 2.31. The molecule has 1 atom stereocenters. The van der Waals surface area contributed by atoms with E-state index in [1.807, 2.05) is 31.6 Å². The Balaban J connectivity index is 2.21. The van der Waals surface area contributed by atoms with Crippen LogP contribution in [0, 0.1) is 6.92 Å². The van der Waals surface area contributed by atoms with Gasteiger partial charge in [0.2, 0.25) is 0 Å². The van der Waals surface area contributed by atoms with Crippen molar-refractivity contribution < 1.29 is 0 Å². The zero-order valence-electron chi connectivity index (χ0n) is 12.1. The number of fused-ring (bicyclic) bond motifs is 1. The summed E-state index contributed by atoms with van der Waals surface area (Å²) in [7, 11) is 1.98. The number of benzene rings is 2. The van der Waals surface area contributed by atoms with Gasteiger partial charge in [-0.2, -0.15) is 0 Å². The molecule has 2 nitrogen and oxygen atoms in total. The maximum atomic E-state index is 6.19. The Hall–Kier alpha value is -1.90. The number of halogens is 1. The average molecular weight is 297 g/mol. The Morgan fingerprint density at radius 3 is 2.76 bits per heavy atom. The summed E-state index contributed by atoms with van der Waals surface area (Å²) in [5, 5.41) is 6.54. The van der Waals surface area contributed by atoms with Crippen LogP contribution in [0.1, 0.15) is 22.7 Å². The molecule has 0 aliphatic rings. The molecule has 0 aliphatic heterocycles. The molecule has 0 saturated carbocycles. The van der Waals surface area contributed by atoms with E-state index in [0.29, 0.717) is 0 Å². The molecule has 3 heteroatoms. The zero-order chi connectivity index (χ0) is 14.8. The van der Waals surface area contributed by atoms with Crippen LogP contribution in [0.2, 0.25) is 5.02 Å². The summed E-state index contributed by atoms with van der Waals surface area (Å²) in [4.78, 5) is 4.20. The molecule has 3 aromatic rings. The number of hydrogen-bond acceptors (Lipinski definition) is 2. The van der Waals surface area contributed by atoms with Gasteiger partial charge in [0.05, 0.1) is 6.04 Å². The first kappa shape index (κ1) is 14.1. The molecule has 21 heavy (non-hydrogen) atoms. The minimum Gasteiger partial charge on any atom is -0.309 e. The third-order valence-corrected chi connectivity index (χ3v) is 4.10. The van der Waals surface area contributed by atoms with Gasteiger partial charge in [0.1, 0.15) is 0 Å². The number of nitrogens with zero attached hydrogens (tertiary/aromatic N) is 1. The molecule has 106 valence electrons. The summed E-state index contributed by atoms with van der Waals surface area (Å²) < 4.78 is 0. The van der Waals surface area contributed by atoms with E-state index < -0.39 is 0 Å². The monoisotopic (exact) mass is 296 g/mol. The van der Waals surface area contributed by atoms with Crippen molar-refractivity contribution in [1.29, 1.82) is 0 Å². The van der Waals surface area contributed by atoms with E-state index in [0.717, 1.165) is 10.4 Å². The van der Waals surface area contributed by atoms with Crippen LogP contribution in [0.15, 0.2) is 54.9 Å². The van der Waals surface area contributed by atoms with Crippen molar-refractivity contribution in [3.05, 3.63) is 76.6 Å². The fourth-order valence-corrected chi connectivity index (χ4v) is 2.98. The Morgan fingerprint density at radius 1 is 1.10 bits per heavy atom. The van der Waals surface area contributed by atoms with Crippen LogP contribution >= 0.6 is 11.6 Å². The average Bonchev–Trinajstić information content (AvgIpc) is 2.51. The number of aromatic nitrogens is 1. The van der Waals surface area contributed by atoms with Gasteiger partial charge in [-0.25, -0.2) is 0 Å². The number of rotatable bonds is 3. The number of hydrogen-bond donors (Lipinski definition) is 1. The summed E-state index contributed by atoms with van der Waals surface area (Å²) in [6.45, 7) is 2.11. The fraction of sp³-hybridized carbons (Fsp3) is 0.167. The predicted molar refractivity (Wildman–Crippen MR) is 88.8 cm³/mol. The normalized spacial score (nSPS) is 12.5. The van der Waals surface area contributed by atoms with Crippen molar-refractivity contribution in [3.63, 3.8) is 0 Å². The summed E-state index contributed by atoms with van der Waals surface area (Å²) in [5.41, 5.74) is 3.67. The second-order valence-corrected chi connectivity index (χ2v) is 5.60. The molecular weight excluding hydrogens is 280 g/mol. The van der Waals surface area contributed by atoms with E-state index in [1.165, 1.54) is 22.1 Å². The first-order chi connectivity index (χ1) is 10.2. The predicted octanol–water partition coefficient (Wildman–Crippen LogP) is 4.51. The van der Waals surface area contributed by atoms with Crippen LogP contribution in [0.5, 0.6) is 0 Å². The molecule has 0 fully saturated rings. The van der Waals surface area contributed by atoms with Gasteiger partial charge in [0.15, 0.2) is 0 Å². The van der Waals surface area contributed by atoms with Crippen LogP contribution in [0.3, 0.4) is 0 Å². The van der Waals surface area contributed by atoms with Gasteiger partial charge in [-0.1, -0.05) is 35.9 Å². The van der Waals surface area contributed by atoms with Gasteiger partial charge in [0, 0.05) is 22.8 Å². The molecule has 0 aliphatic carbocycles. The molecule has 0 radical (unpaired) electrons. The largest absolute Gasteiger partial charge is 0.309 e. The highest BCUT2D eigenvalue weighted by molar-refractivity contribution is 6.30. The first-order valence-electron chi connectivity index (χ1n) is 6.96. The van der Waals surface area contributed by atoms with Crippen molar-refractivity contribution in [2.75, 3.05) is 7.05 Å². The lowest BCUT2D eigenvalue weighted by Gasteiger charge is -2.21. The third kappa shape index (κ3) is 2.65. The first-order valence-corrected chi connectivity index (χ1v) is 7.34. The van der Waals surface area contributed by atoms with Crippen molar-refractivity contribution in [2.45, 2.75) is 13.0 Å². The lowest BCUT2D eigenvalue weighted by atomic mass is 9.92. The summed E-state index contributed by atoms with van der Waals surface area (Å²) in [5.74, 6) is 0. The Bertz CT molecular complexity index is 778. The Kier molecular flexibility index (Phi) is 3.91. The van der Waals surface area contributed by atoms with Gasteiger partial charge in [-0.05, 0) is 54.2 Å². The summed E-state index contributed by atoms with van der Waals surface area (Å²) >= 11 is 6.19. The minimum atomic E-state index is 0.106. The van der Waals surface area contributed by atoms with Crippen molar-refractivity contribution in [3.8, 4) is 0 Å². The fourth-order valence-electron chi connectivity index (χ4n) is 2.80. The molecular formula is C18H17ClN2. The van der Waals surface area contributed by atoms with Gasteiger partial charge in [-0.15, -0.1) is 0 Å². The van der Waals surface area contributed by atoms with Gasteiger partial charge < -0.3 is 5.32 Å². The molecule has 1 N–H and O–H groups in total. The maximum Gasteiger partial charge on any atom is 0.0583 e. The van der Waals surface area contributed by atoms with Crippen molar-refractivity contribution >= 4 is 22.4 Å². The molecule has 1 aromatic heterocycles. The topological polar surface area (TPSA) is 24.9 Å². The van der Waals surface area contributed by atoms with Crippen LogP contribution in [-0.2, 0) is 0 Å². The van der Waals surface area contributed by atoms with E-state index in [9.17, 15) is 0 Å². The quantitative estimate of drug-likeness (QED) is 0.769. The van der Waals surface area contributed by atoms with Gasteiger partial charge in [0.25, 0.3) is 0 Å². The lowest BCUT2D eigenvalue weighted by Crippen LogP contribution is -2.19. The SMILES string of the molecule is CNC(c1cc(Cl)ccc1C)c1cccc2cnccc12. The summed E-state index contributed by atoms with van der Waals surface area (Å²) in [6.07, 6.45) is 3.74. The molecule has 1 heterocycles. The second kappa shape index (κ2) is 5.84. The van der Waals surface area contributed by atoms with Crippen LogP contribution < -0.4 is 5.32 Å². The molecule has 0 saturated heterocycles. The van der Waals surface area contributed by atoms with Crippen LogP contribution in [0.4, 0.5) is 0 Å². The Labute approximate surface area is 129 Å². The van der Waals surface area contributed by atoms with E-state index in [1.54, 1.807) is 0 Å². The maximum absolute atomic E-state index is 6.19. The zero-order valence-corrected chi connectivity index (χ0v) is 12.9. The van der Waals surface area contributed by atoms with Crippen LogP contribution in [0.25, 0.3) is 10.8 Å². The van der Waals surface area contributed by atoms with Crippen LogP contribution in [-0.4, -0.2) is 12.0 Å². The molecule has 3 rings (SSSR count). The highest BCUT2D eigenvalue weighted by atomic mass is 35.5. The minimum absolute atomic E-state index is 0.106. The third-order valence-electron chi connectivity index (χ3n) is 3.87. The molecule has 0 bridgehead atoms. The Morgan fingerprint density at radius 2 is 1.95 bits per heavy atom. The van der Waals surface area contributed by atoms with E-state index in [2.05, 4.69) is 47.6 Å². The molecule has 0 spiro atoms.